The highest BCUT2D eigenvalue weighted by Gasteiger charge is 2.12. The van der Waals surface area contributed by atoms with Crippen molar-refractivity contribution in [1.29, 1.82) is 0 Å². The van der Waals surface area contributed by atoms with Gasteiger partial charge in [-0.2, -0.15) is 0 Å². The lowest BCUT2D eigenvalue weighted by molar-refractivity contribution is -0.137. The van der Waals surface area contributed by atoms with Gasteiger partial charge < -0.3 is 18.9 Å². The summed E-state index contributed by atoms with van der Waals surface area (Å²) < 4.78 is 23.3. The summed E-state index contributed by atoms with van der Waals surface area (Å²) in [6, 6.07) is 13.8. The van der Waals surface area contributed by atoms with E-state index in [1.54, 1.807) is 13.2 Å². The number of benzene rings is 2. The van der Waals surface area contributed by atoms with E-state index >= 15 is 0 Å². The molecular weight excluding hydrogens is 532 g/mol. The van der Waals surface area contributed by atoms with Crippen LogP contribution in [0.3, 0.4) is 0 Å². The highest BCUT2D eigenvalue weighted by atomic mass is 79.9. The van der Waals surface area contributed by atoms with Crippen molar-refractivity contribution in [3.8, 4) is 17.2 Å². The number of rotatable bonds is 15. The van der Waals surface area contributed by atoms with Gasteiger partial charge in [-0.05, 0) is 80.4 Å². The molecule has 0 unspecified atom stereocenters. The molecule has 0 atom stereocenters. The Morgan fingerprint density at radius 3 is 2.22 bits per heavy atom. The zero-order valence-corrected chi connectivity index (χ0v) is 24.2. The Bertz CT molecular complexity index is 1090. The average molecular weight is 572 g/mol. The molecule has 0 spiro atoms. The normalized spacial score (nSPS) is 12.3. The maximum atomic E-state index is 11.5. The molecule has 2 aromatic rings. The van der Waals surface area contributed by atoms with E-state index in [9.17, 15) is 4.79 Å². The van der Waals surface area contributed by atoms with Crippen LogP contribution >= 0.6 is 15.9 Å². The monoisotopic (exact) mass is 570 g/mol. The summed E-state index contributed by atoms with van der Waals surface area (Å²) in [5.74, 6) is 1.73. The predicted molar refractivity (Wildman–Crippen MR) is 153 cm³/mol. The second kappa shape index (κ2) is 16.7. The van der Waals surface area contributed by atoms with Gasteiger partial charge in [0, 0.05) is 18.2 Å². The Morgan fingerprint density at radius 2 is 1.54 bits per heavy atom. The third kappa shape index (κ3) is 11.7. The van der Waals surface area contributed by atoms with E-state index in [-0.39, 0.29) is 5.97 Å². The molecule has 2 rings (SSSR count). The summed E-state index contributed by atoms with van der Waals surface area (Å²) in [4.78, 5) is 11.5. The molecule has 0 aliphatic carbocycles. The van der Waals surface area contributed by atoms with Crippen LogP contribution in [0.15, 0.2) is 81.9 Å². The SMILES string of the molecule is CCOC(=O)/C=C(\C)CC/C=C(\C)CC/C=C(\C)COc1cc(Br)c(OCc2ccccc2)cc1OC. The maximum Gasteiger partial charge on any atom is 0.330 e. The van der Waals surface area contributed by atoms with Crippen LogP contribution in [-0.2, 0) is 16.1 Å². The quantitative estimate of drug-likeness (QED) is 0.122. The Labute approximate surface area is 230 Å². The average Bonchev–Trinajstić information content (AvgIpc) is 2.87. The van der Waals surface area contributed by atoms with Crippen molar-refractivity contribution in [1.82, 2.24) is 0 Å². The molecular formula is C31H39BrO5. The van der Waals surface area contributed by atoms with E-state index in [0.29, 0.717) is 37.1 Å². The topological polar surface area (TPSA) is 54.0 Å². The molecule has 0 aromatic heterocycles. The first-order valence-electron chi connectivity index (χ1n) is 12.6. The fraction of sp³-hybridized carbons (Fsp3) is 0.387. The summed E-state index contributed by atoms with van der Waals surface area (Å²) in [7, 11) is 1.63. The number of ether oxygens (including phenoxy) is 4. The van der Waals surface area contributed by atoms with Gasteiger partial charge in [0.2, 0.25) is 0 Å². The van der Waals surface area contributed by atoms with E-state index in [2.05, 4.69) is 41.9 Å². The van der Waals surface area contributed by atoms with Crippen LogP contribution in [0.5, 0.6) is 17.2 Å². The van der Waals surface area contributed by atoms with E-state index in [0.717, 1.165) is 46.9 Å². The third-order valence-electron chi connectivity index (χ3n) is 5.62. The molecule has 0 heterocycles. The lowest BCUT2D eigenvalue weighted by Crippen LogP contribution is -2.02. The van der Waals surface area contributed by atoms with Crippen molar-refractivity contribution in [3.05, 3.63) is 87.4 Å². The van der Waals surface area contributed by atoms with Gasteiger partial charge in [0.05, 0.1) is 18.2 Å². The minimum absolute atomic E-state index is 0.263. The van der Waals surface area contributed by atoms with Gasteiger partial charge in [-0.25, -0.2) is 4.79 Å². The Balaban J connectivity index is 1.82. The summed E-state index contributed by atoms with van der Waals surface area (Å²) in [6.07, 6.45) is 9.74. The van der Waals surface area contributed by atoms with E-state index in [1.165, 1.54) is 5.57 Å². The number of hydrogen-bond acceptors (Lipinski definition) is 5. The maximum absolute atomic E-state index is 11.5. The molecule has 0 radical (unpaired) electrons. The van der Waals surface area contributed by atoms with E-state index in [1.807, 2.05) is 56.3 Å². The van der Waals surface area contributed by atoms with Crippen LogP contribution in [-0.4, -0.2) is 26.3 Å². The summed E-state index contributed by atoms with van der Waals surface area (Å²) >= 11 is 3.59. The number of halogens is 1. The number of esters is 1. The highest BCUT2D eigenvalue weighted by molar-refractivity contribution is 9.10. The molecule has 0 saturated heterocycles. The number of methoxy groups -OCH3 is 1. The zero-order chi connectivity index (χ0) is 27.0. The van der Waals surface area contributed by atoms with Gasteiger partial charge in [0.25, 0.3) is 0 Å². The molecule has 0 aliphatic rings. The molecule has 0 amide bonds. The first-order valence-corrected chi connectivity index (χ1v) is 13.4. The standard InChI is InChI=1S/C31H39BrO5/c1-6-35-31(33)18-24(3)14-10-12-23(2)13-11-15-25(4)21-36-30-19-27(32)28(20-29(30)34-5)37-22-26-16-8-7-9-17-26/h7-9,12,15-20H,6,10-11,13-14,21-22H2,1-5H3/b23-12+,24-18+,25-15+. The van der Waals surface area contributed by atoms with Crippen LogP contribution in [0, 0.1) is 0 Å². The Morgan fingerprint density at radius 1 is 0.865 bits per heavy atom. The predicted octanol–water partition coefficient (Wildman–Crippen LogP) is 8.38. The fourth-order valence-corrected chi connectivity index (χ4v) is 3.97. The van der Waals surface area contributed by atoms with E-state index in [4.69, 9.17) is 18.9 Å². The van der Waals surface area contributed by atoms with Gasteiger partial charge in [0.1, 0.15) is 19.0 Å². The van der Waals surface area contributed by atoms with Crippen molar-refractivity contribution in [3.63, 3.8) is 0 Å². The smallest absolute Gasteiger partial charge is 0.330 e. The highest BCUT2D eigenvalue weighted by Crippen LogP contribution is 2.38. The van der Waals surface area contributed by atoms with Crippen LogP contribution in [0.1, 0.15) is 58.9 Å². The second-order valence-electron chi connectivity index (χ2n) is 8.92. The molecule has 200 valence electrons. The minimum atomic E-state index is -0.263. The number of carbonyl (C=O) groups excluding carboxylic acids is 1. The third-order valence-corrected chi connectivity index (χ3v) is 6.24. The molecule has 0 aliphatic heterocycles. The van der Waals surface area contributed by atoms with Crippen LogP contribution in [0.2, 0.25) is 0 Å². The molecule has 0 N–H and O–H groups in total. The van der Waals surface area contributed by atoms with Crippen LogP contribution < -0.4 is 14.2 Å². The van der Waals surface area contributed by atoms with Gasteiger partial charge in [-0.15, -0.1) is 0 Å². The molecule has 37 heavy (non-hydrogen) atoms. The van der Waals surface area contributed by atoms with Gasteiger partial charge in [-0.3, -0.25) is 0 Å². The Kier molecular flexibility index (Phi) is 13.6. The van der Waals surface area contributed by atoms with Crippen molar-refractivity contribution < 1.29 is 23.7 Å². The van der Waals surface area contributed by atoms with Crippen molar-refractivity contribution in [2.24, 2.45) is 0 Å². The first kappa shape index (κ1) is 30.2. The summed E-state index contributed by atoms with van der Waals surface area (Å²) in [5, 5.41) is 0. The molecule has 5 nitrogen and oxygen atoms in total. The summed E-state index contributed by atoms with van der Waals surface area (Å²) in [5.41, 5.74) is 4.63. The Hall–Kier alpha value is -2.99. The van der Waals surface area contributed by atoms with E-state index < -0.39 is 0 Å². The van der Waals surface area contributed by atoms with Crippen molar-refractivity contribution in [2.45, 2.75) is 60.0 Å². The first-order chi connectivity index (χ1) is 17.8. The number of hydrogen-bond donors (Lipinski definition) is 0. The summed E-state index contributed by atoms with van der Waals surface area (Å²) in [6.45, 7) is 9.35. The van der Waals surface area contributed by atoms with Crippen LogP contribution in [0.25, 0.3) is 0 Å². The van der Waals surface area contributed by atoms with Gasteiger partial charge in [0.15, 0.2) is 11.5 Å². The lowest BCUT2D eigenvalue weighted by atomic mass is 10.1. The minimum Gasteiger partial charge on any atom is -0.493 e. The molecule has 2 aromatic carbocycles. The van der Waals surface area contributed by atoms with Crippen molar-refractivity contribution in [2.75, 3.05) is 20.3 Å². The molecule has 6 heteroatoms. The van der Waals surface area contributed by atoms with Crippen molar-refractivity contribution >= 4 is 21.9 Å². The largest absolute Gasteiger partial charge is 0.493 e. The zero-order valence-electron chi connectivity index (χ0n) is 22.6. The molecule has 0 bridgehead atoms. The number of allylic oxidation sites excluding steroid dienone is 4. The molecule has 0 fully saturated rings. The number of carbonyl (C=O) groups is 1. The van der Waals surface area contributed by atoms with Gasteiger partial charge in [-0.1, -0.05) is 53.6 Å². The van der Waals surface area contributed by atoms with Gasteiger partial charge >= 0.3 is 5.97 Å². The van der Waals surface area contributed by atoms with Crippen LogP contribution in [0.4, 0.5) is 0 Å². The second-order valence-corrected chi connectivity index (χ2v) is 9.77. The lowest BCUT2D eigenvalue weighted by Gasteiger charge is -2.15. The molecule has 0 saturated carbocycles. The fourth-order valence-electron chi connectivity index (χ4n) is 3.54.